The van der Waals surface area contributed by atoms with Gasteiger partial charge in [0.25, 0.3) is 0 Å². The Labute approximate surface area is 329 Å². The van der Waals surface area contributed by atoms with Gasteiger partial charge in [-0.1, -0.05) is 48.5 Å². The number of hydrogen-bond acceptors (Lipinski definition) is 14. The summed E-state index contributed by atoms with van der Waals surface area (Å²) in [5.74, 6) is 3.67. The first kappa shape index (κ1) is 36.8. The molecular weight excluding hydrogens is 749 g/mol. The van der Waals surface area contributed by atoms with Crippen molar-refractivity contribution in [1.82, 2.24) is 39.9 Å². The number of ether oxygens (including phenoxy) is 8. The normalized spacial score (nSPS) is 11.4. The molecule has 3 aromatic heterocycles. The summed E-state index contributed by atoms with van der Waals surface area (Å²) >= 11 is 0. The van der Waals surface area contributed by atoms with E-state index in [1.807, 2.05) is 48.5 Å². The van der Waals surface area contributed by atoms with Crippen molar-refractivity contribution < 1.29 is 37.9 Å². The van der Waals surface area contributed by atoms with E-state index in [1.54, 1.807) is 0 Å². The van der Waals surface area contributed by atoms with Crippen LogP contribution < -0.4 is 37.9 Å². The maximum absolute atomic E-state index is 6.03. The number of aromatic nitrogens is 8. The highest BCUT2D eigenvalue weighted by Crippen LogP contribution is 2.58. The van der Waals surface area contributed by atoms with Gasteiger partial charge in [0.05, 0.1) is 78.8 Å². The van der Waals surface area contributed by atoms with Crippen molar-refractivity contribution in [3.63, 3.8) is 0 Å². The van der Waals surface area contributed by atoms with Crippen molar-refractivity contribution in [2.75, 3.05) is 56.9 Å². The van der Waals surface area contributed by atoms with E-state index in [-0.39, 0.29) is 45.5 Å². The number of nitrogens with one attached hydrogen (secondary N) is 2. The predicted molar refractivity (Wildman–Crippen MR) is 220 cm³/mol. The smallest absolute Gasteiger partial charge is 0.208 e. The van der Waals surface area contributed by atoms with Crippen LogP contribution in [-0.4, -0.2) is 108 Å². The lowest BCUT2D eigenvalue weighted by Gasteiger charge is -2.19. The van der Waals surface area contributed by atoms with Crippen molar-refractivity contribution in [1.29, 1.82) is 0 Å². The van der Waals surface area contributed by atoms with E-state index >= 15 is 0 Å². The number of aromatic amines is 2. The summed E-state index contributed by atoms with van der Waals surface area (Å²) in [7, 11) is 12.2. The fourth-order valence-electron chi connectivity index (χ4n) is 7.51. The second kappa shape index (κ2) is 14.2. The van der Waals surface area contributed by atoms with E-state index in [1.165, 1.54) is 56.9 Å². The first-order valence-electron chi connectivity index (χ1n) is 17.2. The molecule has 8 bridgehead atoms. The van der Waals surface area contributed by atoms with Gasteiger partial charge in [0, 0.05) is 21.9 Å². The maximum atomic E-state index is 6.03. The highest BCUT2D eigenvalue weighted by molar-refractivity contribution is 6.14. The molecule has 9 rings (SSSR count). The number of H-pyrrole nitrogens is 2. The number of methoxy groups -OCH3 is 8. The van der Waals surface area contributed by atoms with Gasteiger partial charge in [-0.05, 0) is 11.0 Å². The highest BCUT2D eigenvalue weighted by atomic mass is 28.1. The van der Waals surface area contributed by atoms with Crippen LogP contribution in [0.1, 0.15) is 0 Å². The minimum absolute atomic E-state index is 0. The molecule has 0 amide bonds. The second-order valence-corrected chi connectivity index (χ2v) is 12.5. The van der Waals surface area contributed by atoms with Crippen LogP contribution in [0.3, 0.4) is 0 Å². The SMILES string of the molecule is COc1c(OC)c(OC)c2c(c1OC)-c1nc-2nc2[nH]c(nc3nc(nc4[nH]c(n1)c1ccccc41)-c1ccccc1-3)c1c(OC)c(OC)c(OC)c(OC)c21.[SiH4]. The quantitative estimate of drug-likeness (QED) is 0.185. The number of benzene rings is 4. The Morgan fingerprint density at radius 2 is 0.667 bits per heavy atom. The summed E-state index contributed by atoms with van der Waals surface area (Å²) < 4.78 is 47.5. The molecule has 0 spiro atoms. The lowest BCUT2D eigenvalue weighted by molar-refractivity contribution is 0.307. The predicted octanol–water partition coefficient (Wildman–Crippen LogP) is 5.49. The molecule has 290 valence electrons. The third-order valence-electron chi connectivity index (χ3n) is 9.81. The molecule has 0 unspecified atom stereocenters. The van der Waals surface area contributed by atoms with Crippen LogP contribution in [0.4, 0.5) is 0 Å². The zero-order valence-corrected chi connectivity index (χ0v) is 31.6. The van der Waals surface area contributed by atoms with E-state index in [0.29, 0.717) is 79.2 Å². The molecule has 0 radical (unpaired) electrons. The average Bonchev–Trinajstić information content (AvgIpc) is 3.97. The minimum Gasteiger partial charge on any atom is -0.492 e. The largest absolute Gasteiger partial charge is 0.492 e. The Morgan fingerprint density at radius 3 is 1.09 bits per heavy atom. The van der Waals surface area contributed by atoms with Gasteiger partial charge in [-0.25, -0.2) is 29.9 Å². The first-order valence-corrected chi connectivity index (χ1v) is 17.2. The van der Waals surface area contributed by atoms with Crippen LogP contribution >= 0.6 is 0 Å². The van der Waals surface area contributed by atoms with Crippen LogP contribution in [-0.2, 0) is 0 Å². The molecule has 0 saturated heterocycles. The Hall–Kier alpha value is -7.14. The minimum atomic E-state index is 0. The van der Waals surface area contributed by atoms with Gasteiger partial charge in [-0.2, -0.15) is 0 Å². The summed E-state index contributed by atoms with van der Waals surface area (Å²) in [5, 5.41) is 2.57. The molecule has 0 fully saturated rings. The van der Waals surface area contributed by atoms with E-state index in [4.69, 9.17) is 67.8 Å². The fraction of sp³-hybridized carbons (Fsp3) is 0.200. The van der Waals surface area contributed by atoms with Crippen LogP contribution in [0.2, 0.25) is 0 Å². The van der Waals surface area contributed by atoms with Crippen LogP contribution in [0.5, 0.6) is 46.0 Å². The zero-order valence-electron chi connectivity index (χ0n) is 31.6. The molecule has 7 aromatic rings. The van der Waals surface area contributed by atoms with Crippen molar-refractivity contribution in [3.05, 3.63) is 48.5 Å². The van der Waals surface area contributed by atoms with Crippen LogP contribution in [0.25, 0.3) is 89.7 Å². The third kappa shape index (κ3) is 5.26. The second-order valence-electron chi connectivity index (χ2n) is 12.5. The molecule has 2 aliphatic rings. The lowest BCUT2D eigenvalue weighted by atomic mass is 10.0. The van der Waals surface area contributed by atoms with Crippen LogP contribution in [0.15, 0.2) is 48.5 Å². The van der Waals surface area contributed by atoms with E-state index in [9.17, 15) is 0 Å². The molecule has 0 atom stereocenters. The Balaban J connectivity index is 0.00000455. The van der Waals surface area contributed by atoms with Gasteiger partial charge in [0.1, 0.15) is 22.6 Å². The summed E-state index contributed by atoms with van der Waals surface area (Å²) in [5.41, 5.74) is 4.13. The molecule has 57 heavy (non-hydrogen) atoms. The standard InChI is InChI=1S/C40H34N8O8.H4Si/c1-49-25-21-23(27(51-3)31(55-7)29(25)53-5)39-46-37(21)44-35-19-15-11-9-13-17(19)33(42-35)41-34-18-14-10-12-16-20(18)36(43-34)45-38-22-24(40(47-38)48-39)28(52-4)32(56-8)30(54-6)26(22)50-2;/h9-16H,1-8H3,(H2,41,42,43,44,45,46,47,48);1H4. The molecule has 2 N–H and O–H groups in total. The van der Waals surface area contributed by atoms with E-state index < -0.39 is 0 Å². The molecule has 0 saturated carbocycles. The van der Waals surface area contributed by atoms with Crippen molar-refractivity contribution in [3.8, 4) is 91.5 Å². The topological polar surface area (TPSA) is 183 Å². The molecule has 0 aliphatic carbocycles. The highest BCUT2D eigenvalue weighted by Gasteiger charge is 2.36. The van der Waals surface area contributed by atoms with Crippen molar-refractivity contribution >= 4 is 55.1 Å². The van der Waals surface area contributed by atoms with Gasteiger partial charge in [0.2, 0.25) is 23.0 Å². The molecule has 17 heteroatoms. The van der Waals surface area contributed by atoms with Crippen molar-refractivity contribution in [2.45, 2.75) is 0 Å². The molecule has 16 nitrogen and oxygen atoms in total. The van der Waals surface area contributed by atoms with E-state index in [2.05, 4.69) is 9.97 Å². The van der Waals surface area contributed by atoms with Gasteiger partial charge in [-0.15, -0.1) is 0 Å². The molecule has 2 aliphatic heterocycles. The Morgan fingerprint density at radius 1 is 0.351 bits per heavy atom. The van der Waals surface area contributed by atoms with Crippen molar-refractivity contribution in [2.24, 2.45) is 0 Å². The van der Waals surface area contributed by atoms with E-state index in [0.717, 1.165) is 21.9 Å². The Bertz CT molecular complexity index is 2950. The Kier molecular flexibility index (Phi) is 9.15. The number of hydrogen-bond donors (Lipinski definition) is 2. The van der Waals surface area contributed by atoms with Gasteiger partial charge >= 0.3 is 0 Å². The van der Waals surface area contributed by atoms with Gasteiger partial charge < -0.3 is 47.9 Å². The maximum Gasteiger partial charge on any atom is 0.208 e. The van der Waals surface area contributed by atoms with Crippen LogP contribution in [0, 0.1) is 0 Å². The first-order chi connectivity index (χ1) is 27.4. The summed E-state index contributed by atoms with van der Waals surface area (Å²) in [6.45, 7) is 0. The third-order valence-corrected chi connectivity index (χ3v) is 9.81. The van der Waals surface area contributed by atoms with Gasteiger partial charge in [-0.3, -0.25) is 0 Å². The monoisotopic (exact) mass is 786 g/mol. The molecule has 4 aromatic carbocycles. The number of fused-ring (bicyclic) bond motifs is 20. The van der Waals surface area contributed by atoms with Gasteiger partial charge in [0.15, 0.2) is 46.3 Å². The lowest BCUT2D eigenvalue weighted by Crippen LogP contribution is -2.01. The summed E-state index contributed by atoms with van der Waals surface area (Å²) in [6.07, 6.45) is 0. The number of rotatable bonds is 8. The number of nitrogens with zero attached hydrogens (tertiary/aromatic N) is 6. The summed E-state index contributed by atoms with van der Waals surface area (Å²) in [4.78, 5) is 37.4. The average molecular weight is 787 g/mol. The molecular formula is C40H38N8O8Si. The fourth-order valence-corrected chi connectivity index (χ4v) is 7.51. The summed E-state index contributed by atoms with van der Waals surface area (Å²) in [6, 6.07) is 15.6. The zero-order chi connectivity index (χ0) is 38.8. The molecule has 5 heterocycles.